The minimum atomic E-state index is 0.0451. The summed E-state index contributed by atoms with van der Waals surface area (Å²) >= 11 is 0. The Morgan fingerprint density at radius 3 is 2.44 bits per heavy atom. The van der Waals surface area contributed by atoms with Gasteiger partial charge in [-0.25, -0.2) is 9.97 Å². The van der Waals surface area contributed by atoms with Crippen LogP contribution < -0.4 is 15.5 Å². The summed E-state index contributed by atoms with van der Waals surface area (Å²) in [7, 11) is 0. The fourth-order valence-corrected chi connectivity index (χ4v) is 5.23. The Bertz CT molecular complexity index is 876. The van der Waals surface area contributed by atoms with E-state index in [1.807, 2.05) is 24.3 Å². The highest BCUT2D eigenvalue weighted by Gasteiger charge is 2.21. The zero-order chi connectivity index (χ0) is 23.6. The van der Waals surface area contributed by atoms with E-state index in [2.05, 4.69) is 43.4 Å². The highest BCUT2D eigenvalue weighted by Crippen LogP contribution is 2.28. The van der Waals surface area contributed by atoms with Crippen LogP contribution in [0.1, 0.15) is 51.0 Å². The van der Waals surface area contributed by atoms with E-state index in [-0.39, 0.29) is 5.91 Å². The lowest BCUT2D eigenvalue weighted by Crippen LogP contribution is -2.49. The third-order valence-corrected chi connectivity index (χ3v) is 7.35. The number of hydrogen-bond donors (Lipinski definition) is 2. The molecule has 4 rings (SSSR count). The second-order valence-corrected chi connectivity index (χ2v) is 9.88. The molecule has 0 bridgehead atoms. The molecule has 1 unspecified atom stereocenters. The van der Waals surface area contributed by atoms with Gasteiger partial charge in [0.1, 0.15) is 0 Å². The number of carbonyl (C=O) groups excluding carboxylic acids is 1. The maximum Gasteiger partial charge on any atom is 0.238 e. The predicted octanol–water partition coefficient (Wildman–Crippen LogP) is 3.93. The van der Waals surface area contributed by atoms with Gasteiger partial charge in [0.25, 0.3) is 0 Å². The summed E-state index contributed by atoms with van der Waals surface area (Å²) in [6.07, 6.45) is 11.9. The molecule has 1 aromatic carbocycles. The summed E-state index contributed by atoms with van der Waals surface area (Å²) in [5.41, 5.74) is 2.06. The number of carbonyl (C=O) groups is 1. The molecule has 1 atom stereocenters. The van der Waals surface area contributed by atoms with Gasteiger partial charge in [0.15, 0.2) is 0 Å². The Balaban J connectivity index is 1.21. The van der Waals surface area contributed by atoms with Crippen molar-refractivity contribution in [2.45, 2.75) is 52.0 Å². The van der Waals surface area contributed by atoms with Crippen LogP contribution in [0.5, 0.6) is 0 Å². The van der Waals surface area contributed by atoms with Crippen LogP contribution >= 0.6 is 0 Å². The molecule has 1 saturated heterocycles. The quantitative estimate of drug-likeness (QED) is 0.548. The fraction of sp³-hybridized carbons (Fsp3) is 0.593. The summed E-state index contributed by atoms with van der Waals surface area (Å²) in [5.74, 6) is 2.35. The highest BCUT2D eigenvalue weighted by atomic mass is 16.2. The Kier molecular flexibility index (Phi) is 9.27. The fourth-order valence-electron chi connectivity index (χ4n) is 5.23. The van der Waals surface area contributed by atoms with Crippen LogP contribution in [0.4, 0.5) is 11.6 Å². The zero-order valence-corrected chi connectivity index (χ0v) is 20.6. The lowest BCUT2D eigenvalue weighted by Gasteiger charge is -2.34. The van der Waals surface area contributed by atoms with Gasteiger partial charge in [-0.05, 0) is 36.1 Å². The van der Waals surface area contributed by atoms with Crippen molar-refractivity contribution < 1.29 is 4.79 Å². The first-order chi connectivity index (χ1) is 16.7. The van der Waals surface area contributed by atoms with E-state index in [0.717, 1.165) is 62.4 Å². The lowest BCUT2D eigenvalue weighted by atomic mass is 9.87. The average molecular weight is 465 g/mol. The molecule has 2 heterocycles. The SMILES string of the molecule is CC(CNCc1ccccc1NC(=O)CN1CCN(c2ncccn2)CC1)C1CCCCCC1. The molecule has 0 radical (unpaired) electrons. The molecule has 1 saturated carbocycles. The molecule has 34 heavy (non-hydrogen) atoms. The largest absolute Gasteiger partial charge is 0.338 e. The molecule has 0 spiro atoms. The number of anilines is 2. The predicted molar refractivity (Wildman–Crippen MR) is 138 cm³/mol. The smallest absolute Gasteiger partial charge is 0.238 e. The van der Waals surface area contributed by atoms with Crippen LogP contribution in [0.25, 0.3) is 0 Å². The molecule has 1 aliphatic carbocycles. The summed E-state index contributed by atoms with van der Waals surface area (Å²) < 4.78 is 0. The van der Waals surface area contributed by atoms with Crippen molar-refractivity contribution in [2.75, 3.05) is 49.5 Å². The molecule has 2 N–H and O–H groups in total. The number of nitrogens with one attached hydrogen (secondary N) is 2. The van der Waals surface area contributed by atoms with Crippen LogP contribution in [-0.2, 0) is 11.3 Å². The first kappa shape index (κ1) is 24.6. The van der Waals surface area contributed by atoms with Gasteiger partial charge >= 0.3 is 0 Å². The minimum absolute atomic E-state index is 0.0451. The van der Waals surface area contributed by atoms with Crippen molar-refractivity contribution in [3.8, 4) is 0 Å². The van der Waals surface area contributed by atoms with Crippen molar-refractivity contribution in [1.29, 1.82) is 0 Å². The molecule has 7 heteroatoms. The van der Waals surface area contributed by atoms with Crippen molar-refractivity contribution in [3.05, 3.63) is 48.3 Å². The Labute approximate surface area is 204 Å². The molecule has 184 valence electrons. The van der Waals surface area contributed by atoms with E-state index in [0.29, 0.717) is 12.5 Å². The van der Waals surface area contributed by atoms with Gasteiger partial charge in [0, 0.05) is 50.8 Å². The van der Waals surface area contributed by atoms with Gasteiger partial charge in [-0.1, -0.05) is 63.6 Å². The second kappa shape index (κ2) is 12.8. The number of benzene rings is 1. The highest BCUT2D eigenvalue weighted by molar-refractivity contribution is 5.93. The number of aromatic nitrogens is 2. The van der Waals surface area contributed by atoms with E-state index in [4.69, 9.17) is 0 Å². The first-order valence-electron chi connectivity index (χ1n) is 13.0. The average Bonchev–Trinajstić information content (AvgIpc) is 3.16. The maximum absolute atomic E-state index is 12.8. The number of rotatable bonds is 9. The molecule has 2 aromatic rings. The van der Waals surface area contributed by atoms with E-state index < -0.39 is 0 Å². The number of para-hydroxylation sites is 1. The summed E-state index contributed by atoms with van der Waals surface area (Å²) in [6.45, 7) is 7.92. The molecular weight excluding hydrogens is 424 g/mol. The maximum atomic E-state index is 12.8. The minimum Gasteiger partial charge on any atom is -0.338 e. The van der Waals surface area contributed by atoms with Gasteiger partial charge in [0.05, 0.1) is 6.54 Å². The zero-order valence-electron chi connectivity index (χ0n) is 20.6. The number of hydrogen-bond acceptors (Lipinski definition) is 6. The monoisotopic (exact) mass is 464 g/mol. The van der Waals surface area contributed by atoms with E-state index >= 15 is 0 Å². The van der Waals surface area contributed by atoms with Gasteiger partial charge < -0.3 is 15.5 Å². The Morgan fingerprint density at radius 1 is 1.00 bits per heavy atom. The molecule has 1 aromatic heterocycles. The van der Waals surface area contributed by atoms with Crippen molar-refractivity contribution in [1.82, 2.24) is 20.2 Å². The summed E-state index contributed by atoms with van der Waals surface area (Å²) in [6, 6.07) is 9.99. The second-order valence-electron chi connectivity index (χ2n) is 9.88. The molecule has 1 amide bonds. The lowest BCUT2D eigenvalue weighted by molar-refractivity contribution is -0.117. The van der Waals surface area contributed by atoms with Gasteiger partial charge in [-0.2, -0.15) is 0 Å². The third-order valence-electron chi connectivity index (χ3n) is 7.35. The standard InChI is InChI=1S/C27H40N6O/c1-22(23-9-4-2-3-5-10-23)19-28-20-24-11-6-7-12-25(24)31-26(34)21-32-15-17-33(18-16-32)27-29-13-8-14-30-27/h6-8,11-14,22-23,28H,2-5,9-10,15-21H2,1H3,(H,31,34). The third kappa shape index (κ3) is 7.24. The first-order valence-corrected chi connectivity index (χ1v) is 13.0. The normalized spacial score (nSPS) is 18.9. The number of piperazine rings is 1. The molecule has 1 aliphatic heterocycles. The van der Waals surface area contributed by atoms with Gasteiger partial charge in [-0.3, -0.25) is 9.69 Å². The van der Waals surface area contributed by atoms with E-state index in [1.165, 1.54) is 38.5 Å². The van der Waals surface area contributed by atoms with Crippen LogP contribution in [0.3, 0.4) is 0 Å². The van der Waals surface area contributed by atoms with E-state index in [9.17, 15) is 4.79 Å². The van der Waals surface area contributed by atoms with Crippen LogP contribution in [-0.4, -0.2) is 60.0 Å². The molecule has 2 fully saturated rings. The van der Waals surface area contributed by atoms with Gasteiger partial charge in [0.2, 0.25) is 11.9 Å². The van der Waals surface area contributed by atoms with Crippen LogP contribution in [0.2, 0.25) is 0 Å². The van der Waals surface area contributed by atoms with Crippen molar-refractivity contribution in [3.63, 3.8) is 0 Å². The van der Waals surface area contributed by atoms with Crippen molar-refractivity contribution in [2.24, 2.45) is 11.8 Å². The Hall–Kier alpha value is -2.51. The van der Waals surface area contributed by atoms with Crippen molar-refractivity contribution >= 4 is 17.5 Å². The number of amides is 1. The number of nitrogens with zero attached hydrogens (tertiary/aromatic N) is 4. The van der Waals surface area contributed by atoms with Crippen LogP contribution in [0.15, 0.2) is 42.7 Å². The molecular formula is C27H40N6O. The Morgan fingerprint density at radius 2 is 1.71 bits per heavy atom. The molecule has 7 nitrogen and oxygen atoms in total. The summed E-state index contributed by atoms with van der Waals surface area (Å²) in [4.78, 5) is 25.8. The topological polar surface area (TPSA) is 73.4 Å². The summed E-state index contributed by atoms with van der Waals surface area (Å²) in [5, 5.41) is 6.81. The van der Waals surface area contributed by atoms with Gasteiger partial charge in [-0.15, -0.1) is 0 Å². The van der Waals surface area contributed by atoms with Crippen LogP contribution in [0, 0.1) is 11.8 Å². The van der Waals surface area contributed by atoms with E-state index in [1.54, 1.807) is 12.4 Å². The molecule has 2 aliphatic rings.